The molecule has 110 valence electrons. The number of amides is 1. The van der Waals surface area contributed by atoms with Gasteiger partial charge in [0.1, 0.15) is 0 Å². The van der Waals surface area contributed by atoms with Crippen molar-refractivity contribution in [3.8, 4) is 0 Å². The summed E-state index contributed by atoms with van der Waals surface area (Å²) in [6.07, 6.45) is 4.15. The highest BCUT2D eigenvalue weighted by atomic mass is 32.1. The van der Waals surface area contributed by atoms with E-state index in [-0.39, 0.29) is 5.91 Å². The molecule has 1 saturated carbocycles. The van der Waals surface area contributed by atoms with Crippen LogP contribution in [-0.2, 0) is 11.3 Å². The molecule has 1 aromatic heterocycles. The molecule has 1 aliphatic heterocycles. The van der Waals surface area contributed by atoms with Crippen LogP contribution in [0.1, 0.15) is 31.1 Å². The van der Waals surface area contributed by atoms with Gasteiger partial charge in [-0.1, -0.05) is 0 Å². The molecule has 0 radical (unpaired) electrons. The van der Waals surface area contributed by atoms with Gasteiger partial charge in [-0.2, -0.15) is 0 Å². The zero-order chi connectivity index (χ0) is 13.9. The second-order valence-electron chi connectivity index (χ2n) is 5.95. The van der Waals surface area contributed by atoms with Gasteiger partial charge in [0.05, 0.1) is 5.69 Å². The molecule has 0 bridgehead atoms. The van der Waals surface area contributed by atoms with E-state index < -0.39 is 0 Å². The first-order valence-corrected chi connectivity index (χ1v) is 8.39. The molecule has 2 aliphatic rings. The van der Waals surface area contributed by atoms with Gasteiger partial charge in [0.2, 0.25) is 5.91 Å². The van der Waals surface area contributed by atoms with Gasteiger partial charge in [-0.15, -0.1) is 11.3 Å². The maximum absolute atomic E-state index is 11.1. The van der Waals surface area contributed by atoms with E-state index in [1.54, 1.807) is 18.3 Å². The molecule has 1 unspecified atom stereocenters. The number of nitrogens with one attached hydrogen (secondary N) is 2. The molecule has 1 amide bonds. The largest absolute Gasteiger partial charge is 0.325 e. The van der Waals surface area contributed by atoms with Crippen molar-refractivity contribution in [2.45, 2.75) is 38.8 Å². The fourth-order valence-corrected chi connectivity index (χ4v) is 3.77. The summed E-state index contributed by atoms with van der Waals surface area (Å²) in [4.78, 5) is 15.0. The molecular weight excluding hydrogens is 270 g/mol. The fourth-order valence-electron chi connectivity index (χ4n) is 2.97. The minimum Gasteiger partial charge on any atom is -0.325 e. The number of thiophene rings is 1. The maximum Gasteiger partial charge on any atom is 0.221 e. The molecule has 1 saturated heterocycles. The van der Waals surface area contributed by atoms with Crippen molar-refractivity contribution in [3.05, 3.63) is 16.3 Å². The van der Waals surface area contributed by atoms with E-state index in [2.05, 4.69) is 15.5 Å². The predicted octanol–water partition coefficient (Wildman–Crippen LogP) is 2.28. The molecular formula is C15H23N3OS. The second-order valence-corrected chi connectivity index (χ2v) is 6.95. The fraction of sp³-hybridized carbons (Fsp3) is 0.667. The van der Waals surface area contributed by atoms with E-state index in [0.29, 0.717) is 0 Å². The third kappa shape index (κ3) is 3.59. The third-order valence-electron chi connectivity index (χ3n) is 4.16. The molecule has 20 heavy (non-hydrogen) atoms. The van der Waals surface area contributed by atoms with Gasteiger partial charge in [0.15, 0.2) is 0 Å². The minimum absolute atomic E-state index is 0.000480. The van der Waals surface area contributed by atoms with Crippen molar-refractivity contribution in [2.75, 3.05) is 25.0 Å². The zero-order valence-electron chi connectivity index (χ0n) is 12.0. The lowest BCUT2D eigenvalue weighted by Gasteiger charge is -2.15. The highest BCUT2D eigenvalue weighted by Gasteiger charge is 2.33. The monoisotopic (exact) mass is 293 g/mol. The summed E-state index contributed by atoms with van der Waals surface area (Å²) >= 11 is 1.70. The van der Waals surface area contributed by atoms with E-state index in [1.165, 1.54) is 37.2 Å². The van der Waals surface area contributed by atoms with E-state index in [4.69, 9.17) is 0 Å². The number of likely N-dealkylation sites (tertiary alicyclic amines) is 1. The van der Waals surface area contributed by atoms with Crippen LogP contribution in [0.2, 0.25) is 0 Å². The van der Waals surface area contributed by atoms with Crippen LogP contribution in [0.5, 0.6) is 0 Å². The standard InChI is InChI=1S/C15H23N3OS/c1-11(19)17-14-5-7-20-15(14)9-16-8-12-4-6-18(10-12)13-2-3-13/h5,7,12-13,16H,2-4,6,8-10H2,1H3,(H,17,19). The number of rotatable bonds is 6. The number of nitrogens with zero attached hydrogens (tertiary/aromatic N) is 1. The molecule has 0 spiro atoms. The Balaban J connectivity index is 1.41. The van der Waals surface area contributed by atoms with Gasteiger partial charge in [-0.05, 0) is 49.7 Å². The van der Waals surface area contributed by atoms with Crippen LogP contribution in [0.3, 0.4) is 0 Å². The third-order valence-corrected chi connectivity index (χ3v) is 5.08. The van der Waals surface area contributed by atoms with Crippen molar-refractivity contribution < 1.29 is 4.79 Å². The molecule has 1 atom stereocenters. The molecule has 0 aromatic carbocycles. The molecule has 2 fully saturated rings. The van der Waals surface area contributed by atoms with Gasteiger partial charge in [0, 0.05) is 30.9 Å². The van der Waals surface area contributed by atoms with Crippen molar-refractivity contribution in [2.24, 2.45) is 5.92 Å². The molecule has 2 N–H and O–H groups in total. The first kappa shape index (κ1) is 14.0. The number of hydrogen-bond acceptors (Lipinski definition) is 4. The molecule has 3 rings (SSSR count). The van der Waals surface area contributed by atoms with Crippen LogP contribution in [0.15, 0.2) is 11.4 Å². The smallest absolute Gasteiger partial charge is 0.221 e. The lowest BCUT2D eigenvalue weighted by Crippen LogP contribution is -2.27. The van der Waals surface area contributed by atoms with E-state index in [9.17, 15) is 4.79 Å². The van der Waals surface area contributed by atoms with Crippen LogP contribution in [0.4, 0.5) is 5.69 Å². The van der Waals surface area contributed by atoms with Crippen molar-refractivity contribution in [1.29, 1.82) is 0 Å². The number of anilines is 1. The Hall–Kier alpha value is -0.910. The van der Waals surface area contributed by atoms with Gasteiger partial charge in [-0.3, -0.25) is 4.79 Å². The Kier molecular flexibility index (Phi) is 4.38. The number of hydrogen-bond donors (Lipinski definition) is 2. The highest BCUT2D eigenvalue weighted by Crippen LogP contribution is 2.31. The quantitative estimate of drug-likeness (QED) is 0.846. The first-order valence-electron chi connectivity index (χ1n) is 7.51. The first-order chi connectivity index (χ1) is 9.72. The summed E-state index contributed by atoms with van der Waals surface area (Å²) in [5.74, 6) is 0.792. The van der Waals surface area contributed by atoms with Crippen LogP contribution in [-0.4, -0.2) is 36.5 Å². The Bertz CT molecular complexity index is 469. The number of carbonyl (C=O) groups is 1. The Morgan fingerprint density at radius 3 is 3.05 bits per heavy atom. The van der Waals surface area contributed by atoms with Crippen molar-refractivity contribution >= 4 is 22.9 Å². The summed E-state index contributed by atoms with van der Waals surface area (Å²) in [6.45, 7) is 6.04. The average Bonchev–Trinajstić information content (AvgIpc) is 3.00. The molecule has 1 aromatic rings. The summed E-state index contributed by atoms with van der Waals surface area (Å²) in [6, 6.07) is 2.89. The predicted molar refractivity (Wildman–Crippen MR) is 83.0 cm³/mol. The van der Waals surface area contributed by atoms with E-state index >= 15 is 0 Å². The Morgan fingerprint density at radius 1 is 1.45 bits per heavy atom. The second kappa shape index (κ2) is 6.24. The van der Waals surface area contributed by atoms with Crippen molar-refractivity contribution in [1.82, 2.24) is 10.2 Å². The Morgan fingerprint density at radius 2 is 2.30 bits per heavy atom. The molecule has 5 heteroatoms. The molecule has 2 heterocycles. The van der Waals surface area contributed by atoms with Crippen LogP contribution < -0.4 is 10.6 Å². The summed E-state index contributed by atoms with van der Waals surface area (Å²) in [5, 5.41) is 8.48. The lowest BCUT2D eigenvalue weighted by molar-refractivity contribution is -0.114. The van der Waals surface area contributed by atoms with Crippen LogP contribution >= 0.6 is 11.3 Å². The van der Waals surface area contributed by atoms with Gasteiger partial charge in [-0.25, -0.2) is 0 Å². The lowest BCUT2D eigenvalue weighted by atomic mass is 10.1. The maximum atomic E-state index is 11.1. The minimum atomic E-state index is 0.000480. The van der Waals surface area contributed by atoms with Gasteiger partial charge < -0.3 is 15.5 Å². The van der Waals surface area contributed by atoms with E-state index in [1.807, 2.05) is 11.4 Å². The Labute approximate surface area is 124 Å². The summed E-state index contributed by atoms with van der Waals surface area (Å²) in [7, 11) is 0. The number of carbonyl (C=O) groups excluding carboxylic acids is 1. The summed E-state index contributed by atoms with van der Waals surface area (Å²) < 4.78 is 0. The van der Waals surface area contributed by atoms with Crippen LogP contribution in [0.25, 0.3) is 0 Å². The highest BCUT2D eigenvalue weighted by molar-refractivity contribution is 7.10. The van der Waals surface area contributed by atoms with E-state index in [0.717, 1.165) is 30.7 Å². The van der Waals surface area contributed by atoms with Crippen molar-refractivity contribution in [3.63, 3.8) is 0 Å². The SMILES string of the molecule is CC(=O)Nc1ccsc1CNCC1CCN(C2CC2)C1. The van der Waals surface area contributed by atoms with Crippen LogP contribution in [0, 0.1) is 5.92 Å². The summed E-state index contributed by atoms with van der Waals surface area (Å²) in [5.41, 5.74) is 0.959. The normalized spacial score (nSPS) is 23.1. The zero-order valence-corrected chi connectivity index (χ0v) is 12.8. The average molecular weight is 293 g/mol. The van der Waals surface area contributed by atoms with Gasteiger partial charge in [0.25, 0.3) is 0 Å². The molecule has 1 aliphatic carbocycles. The topological polar surface area (TPSA) is 44.4 Å². The molecule has 4 nitrogen and oxygen atoms in total. The van der Waals surface area contributed by atoms with Gasteiger partial charge >= 0.3 is 0 Å².